The molecule has 1 saturated carbocycles. The molecule has 0 aromatic carbocycles. The van der Waals surface area contributed by atoms with Gasteiger partial charge in [0.15, 0.2) is 6.10 Å². The number of carboxylic acid groups (broad SMARTS) is 1. The summed E-state index contributed by atoms with van der Waals surface area (Å²) in [6.07, 6.45) is 3.38. The van der Waals surface area contributed by atoms with Gasteiger partial charge >= 0.3 is 5.97 Å². The van der Waals surface area contributed by atoms with Gasteiger partial charge in [-0.3, -0.25) is 4.98 Å². The van der Waals surface area contributed by atoms with Crippen LogP contribution in [0, 0.1) is 19.3 Å². The molecule has 0 bridgehead atoms. The predicted molar refractivity (Wildman–Crippen MR) is 87.1 cm³/mol. The Morgan fingerprint density at radius 3 is 2.32 bits per heavy atom. The van der Waals surface area contributed by atoms with Gasteiger partial charge in [0.05, 0.1) is 15.9 Å². The van der Waals surface area contributed by atoms with Crippen LogP contribution in [0.1, 0.15) is 48.7 Å². The number of aliphatic hydroxyl groups is 1. The van der Waals surface area contributed by atoms with Gasteiger partial charge in [-0.2, -0.15) is 0 Å². The third-order valence-electron chi connectivity index (χ3n) is 5.11. The number of piperidine rings is 1. The summed E-state index contributed by atoms with van der Waals surface area (Å²) in [5.74, 6) is -1.24. The molecule has 1 aromatic heterocycles. The Morgan fingerprint density at radius 2 is 1.82 bits per heavy atom. The summed E-state index contributed by atoms with van der Waals surface area (Å²) in [7, 11) is 0. The van der Waals surface area contributed by atoms with E-state index in [0.717, 1.165) is 41.8 Å². The number of hydrogen-bond donors (Lipinski definition) is 2. The van der Waals surface area contributed by atoms with Crippen LogP contribution in [0.3, 0.4) is 0 Å². The van der Waals surface area contributed by atoms with E-state index in [9.17, 15) is 15.0 Å². The van der Waals surface area contributed by atoms with E-state index in [1.807, 2.05) is 6.92 Å². The first-order chi connectivity index (χ1) is 10.3. The van der Waals surface area contributed by atoms with Gasteiger partial charge in [-0.15, -0.1) is 0 Å². The molecular formula is C16H21BrN2O3. The molecule has 1 aliphatic heterocycles. The van der Waals surface area contributed by atoms with E-state index in [0.29, 0.717) is 16.7 Å². The largest absolute Gasteiger partial charge is 0.479 e. The minimum absolute atomic E-state index is 0.414. The predicted octanol–water partition coefficient (Wildman–Crippen LogP) is 2.96. The van der Waals surface area contributed by atoms with Crippen molar-refractivity contribution in [2.45, 2.75) is 45.6 Å². The summed E-state index contributed by atoms with van der Waals surface area (Å²) in [6.45, 7) is 5.46. The molecule has 2 N–H and O–H groups in total. The highest BCUT2D eigenvalue weighted by Crippen LogP contribution is 2.54. The lowest BCUT2D eigenvalue weighted by Gasteiger charge is -2.36. The molecule has 2 heterocycles. The zero-order valence-corrected chi connectivity index (χ0v) is 14.5. The van der Waals surface area contributed by atoms with Crippen molar-refractivity contribution in [3.63, 3.8) is 0 Å². The number of halogens is 1. The second-order valence-electron chi connectivity index (χ2n) is 6.59. The lowest BCUT2D eigenvalue weighted by molar-refractivity contribution is -0.147. The molecule has 6 heteroatoms. The number of carbonyl (C=O) groups is 1. The molecule has 0 amide bonds. The first-order valence-corrected chi connectivity index (χ1v) is 8.46. The van der Waals surface area contributed by atoms with Crippen molar-refractivity contribution >= 4 is 27.6 Å². The van der Waals surface area contributed by atoms with E-state index in [2.05, 4.69) is 25.8 Å². The molecule has 1 spiro atoms. The van der Waals surface area contributed by atoms with Crippen LogP contribution >= 0.6 is 15.9 Å². The normalized spacial score (nSPS) is 21.0. The van der Waals surface area contributed by atoms with Crippen LogP contribution in [0.5, 0.6) is 0 Å². The van der Waals surface area contributed by atoms with Crippen molar-refractivity contribution in [2.75, 3.05) is 18.0 Å². The minimum Gasteiger partial charge on any atom is -0.479 e. The monoisotopic (exact) mass is 368 g/mol. The fraction of sp³-hybridized carbons (Fsp3) is 0.625. The van der Waals surface area contributed by atoms with Crippen LogP contribution in [0.2, 0.25) is 0 Å². The molecule has 2 aliphatic rings. The average molecular weight is 369 g/mol. The Bertz CT molecular complexity index is 618. The van der Waals surface area contributed by atoms with Crippen molar-refractivity contribution in [2.24, 2.45) is 5.41 Å². The highest BCUT2D eigenvalue weighted by molar-refractivity contribution is 9.10. The Balaban J connectivity index is 2.02. The summed E-state index contributed by atoms with van der Waals surface area (Å²) >= 11 is 3.55. The molecule has 3 rings (SSSR count). The van der Waals surface area contributed by atoms with Gasteiger partial charge in [-0.25, -0.2) is 4.79 Å². The van der Waals surface area contributed by atoms with Crippen LogP contribution in [-0.2, 0) is 4.79 Å². The molecule has 0 radical (unpaired) electrons. The number of nitrogens with zero attached hydrogens (tertiary/aromatic N) is 2. The molecule has 1 aliphatic carbocycles. The summed E-state index contributed by atoms with van der Waals surface area (Å²) in [5.41, 5.74) is 3.16. The number of pyridine rings is 1. The Kier molecular flexibility index (Phi) is 3.93. The molecular weight excluding hydrogens is 348 g/mol. The van der Waals surface area contributed by atoms with E-state index in [1.54, 1.807) is 6.92 Å². The number of anilines is 1. The summed E-state index contributed by atoms with van der Waals surface area (Å²) in [5, 5.41) is 19.4. The first-order valence-electron chi connectivity index (χ1n) is 7.67. The number of aliphatic hydroxyl groups excluding tert-OH is 1. The van der Waals surface area contributed by atoms with E-state index in [-0.39, 0.29) is 0 Å². The van der Waals surface area contributed by atoms with Crippen LogP contribution < -0.4 is 4.90 Å². The fourth-order valence-electron chi connectivity index (χ4n) is 3.46. The summed E-state index contributed by atoms with van der Waals surface area (Å²) in [4.78, 5) is 17.9. The molecule has 22 heavy (non-hydrogen) atoms. The maximum atomic E-state index is 11.3. The molecule has 2 fully saturated rings. The number of rotatable bonds is 3. The van der Waals surface area contributed by atoms with Gasteiger partial charge in [0.25, 0.3) is 0 Å². The van der Waals surface area contributed by atoms with Crippen LogP contribution in [0.15, 0.2) is 4.47 Å². The summed E-state index contributed by atoms with van der Waals surface area (Å²) < 4.78 is 0.792. The lowest BCUT2D eigenvalue weighted by Crippen LogP contribution is -2.36. The maximum absolute atomic E-state index is 11.3. The van der Waals surface area contributed by atoms with Crippen molar-refractivity contribution < 1.29 is 15.0 Å². The number of carboxylic acids is 1. The number of aryl methyl sites for hydroxylation is 2. The van der Waals surface area contributed by atoms with Crippen molar-refractivity contribution in [1.29, 1.82) is 0 Å². The highest BCUT2D eigenvalue weighted by atomic mass is 79.9. The van der Waals surface area contributed by atoms with Crippen LogP contribution in [-0.4, -0.2) is 34.3 Å². The van der Waals surface area contributed by atoms with E-state index < -0.39 is 12.1 Å². The SMILES string of the molecule is Cc1nc(C)c(C(O)C(=O)O)c(N2CCC3(CC2)CC3)c1Br. The van der Waals surface area contributed by atoms with E-state index in [1.165, 1.54) is 12.8 Å². The zero-order valence-electron chi connectivity index (χ0n) is 12.9. The lowest BCUT2D eigenvalue weighted by atomic mass is 9.92. The van der Waals surface area contributed by atoms with Crippen molar-refractivity contribution in [3.05, 3.63) is 21.4 Å². The number of aliphatic carboxylic acids is 1. The second-order valence-corrected chi connectivity index (χ2v) is 7.38. The third-order valence-corrected chi connectivity index (χ3v) is 6.06. The van der Waals surface area contributed by atoms with Crippen molar-refractivity contribution in [1.82, 2.24) is 4.98 Å². The van der Waals surface area contributed by atoms with Crippen LogP contribution in [0.4, 0.5) is 5.69 Å². The molecule has 1 unspecified atom stereocenters. The number of hydrogen-bond acceptors (Lipinski definition) is 4. The summed E-state index contributed by atoms with van der Waals surface area (Å²) in [6, 6.07) is 0. The van der Waals surface area contributed by atoms with Gasteiger partial charge in [0, 0.05) is 24.3 Å². The molecule has 120 valence electrons. The highest BCUT2D eigenvalue weighted by Gasteiger charge is 2.45. The molecule has 1 aromatic rings. The van der Waals surface area contributed by atoms with Gasteiger partial charge in [0.2, 0.25) is 0 Å². The van der Waals surface area contributed by atoms with Gasteiger partial charge in [-0.1, -0.05) is 0 Å². The third kappa shape index (κ3) is 2.63. The van der Waals surface area contributed by atoms with Gasteiger partial charge in [-0.05, 0) is 60.9 Å². The topological polar surface area (TPSA) is 73.7 Å². The van der Waals surface area contributed by atoms with Crippen LogP contribution in [0.25, 0.3) is 0 Å². The molecule has 1 saturated heterocycles. The first kappa shape index (κ1) is 15.7. The van der Waals surface area contributed by atoms with Gasteiger partial charge in [0.1, 0.15) is 0 Å². The Hall–Kier alpha value is -1.14. The quantitative estimate of drug-likeness (QED) is 0.857. The van der Waals surface area contributed by atoms with E-state index >= 15 is 0 Å². The Labute approximate surface area is 138 Å². The van der Waals surface area contributed by atoms with Crippen molar-refractivity contribution in [3.8, 4) is 0 Å². The fourth-order valence-corrected chi connectivity index (χ4v) is 4.02. The smallest absolute Gasteiger partial charge is 0.337 e. The standard InChI is InChI=1S/C16H21BrN2O3/c1-9-11(14(20)15(21)22)13(12(17)10(2)18-9)19-7-5-16(3-4-16)6-8-19/h14,20H,3-8H2,1-2H3,(H,21,22). The average Bonchev–Trinajstić information content (AvgIpc) is 3.22. The van der Waals surface area contributed by atoms with E-state index in [4.69, 9.17) is 0 Å². The minimum atomic E-state index is -1.55. The Morgan fingerprint density at radius 1 is 1.23 bits per heavy atom. The van der Waals surface area contributed by atoms with Gasteiger partial charge < -0.3 is 15.1 Å². The molecule has 5 nitrogen and oxygen atoms in total. The molecule has 1 atom stereocenters. The number of aromatic nitrogens is 1. The second kappa shape index (κ2) is 5.49. The zero-order chi connectivity index (χ0) is 16.1. The maximum Gasteiger partial charge on any atom is 0.337 e.